The van der Waals surface area contributed by atoms with Crippen molar-refractivity contribution < 1.29 is 19.3 Å². The predicted molar refractivity (Wildman–Crippen MR) is 127 cm³/mol. The van der Waals surface area contributed by atoms with Gasteiger partial charge in [-0.2, -0.15) is 0 Å². The largest absolute Gasteiger partial charge is 0.497 e. The van der Waals surface area contributed by atoms with E-state index >= 15 is 0 Å². The summed E-state index contributed by atoms with van der Waals surface area (Å²) in [6.45, 7) is 3.85. The van der Waals surface area contributed by atoms with Gasteiger partial charge in [-0.25, -0.2) is 0 Å². The molecule has 0 spiro atoms. The number of piperidine rings is 1. The monoisotopic (exact) mass is 449 g/mol. The molecular weight excluding hydrogens is 418 g/mol. The van der Waals surface area contributed by atoms with Gasteiger partial charge in [0.2, 0.25) is 0 Å². The molecule has 1 saturated heterocycles. The molecule has 2 aliphatic heterocycles. The fourth-order valence-electron chi connectivity index (χ4n) is 4.69. The van der Waals surface area contributed by atoms with E-state index in [0.717, 1.165) is 66.2 Å². The van der Waals surface area contributed by atoms with Crippen LogP contribution in [0.1, 0.15) is 24.5 Å². The highest BCUT2D eigenvalue weighted by atomic mass is 16.6. The second kappa shape index (κ2) is 9.95. The van der Waals surface area contributed by atoms with E-state index < -0.39 is 6.10 Å². The van der Waals surface area contributed by atoms with Crippen LogP contribution in [0.2, 0.25) is 0 Å². The Bertz CT molecular complexity index is 1080. The van der Waals surface area contributed by atoms with E-state index in [0.29, 0.717) is 19.2 Å². The van der Waals surface area contributed by atoms with Gasteiger partial charge < -0.3 is 29.5 Å². The third-order valence-corrected chi connectivity index (χ3v) is 6.56. The van der Waals surface area contributed by atoms with Gasteiger partial charge in [-0.1, -0.05) is 12.1 Å². The first-order valence-electron chi connectivity index (χ1n) is 11.6. The van der Waals surface area contributed by atoms with Gasteiger partial charge in [0.1, 0.15) is 18.5 Å². The van der Waals surface area contributed by atoms with Crippen molar-refractivity contribution in [3.05, 3.63) is 60.3 Å². The Balaban J connectivity index is 1.11. The summed E-state index contributed by atoms with van der Waals surface area (Å²) in [5.74, 6) is 2.41. The molecule has 2 aromatic carbocycles. The topological polar surface area (TPSA) is 76.1 Å². The minimum absolute atomic E-state index is 0.0247. The van der Waals surface area contributed by atoms with Gasteiger partial charge in [0.15, 0.2) is 11.5 Å². The highest BCUT2D eigenvalue weighted by Gasteiger charge is 2.25. The summed E-state index contributed by atoms with van der Waals surface area (Å²) < 4.78 is 17.2. The van der Waals surface area contributed by atoms with Crippen molar-refractivity contribution in [2.75, 3.05) is 39.9 Å². The molecular formula is C26H31N3O4. The molecule has 33 heavy (non-hydrogen) atoms. The van der Waals surface area contributed by atoms with Crippen LogP contribution in [0.5, 0.6) is 17.2 Å². The van der Waals surface area contributed by atoms with Crippen LogP contribution in [-0.2, 0) is 0 Å². The van der Waals surface area contributed by atoms with E-state index in [-0.39, 0.29) is 6.10 Å². The van der Waals surface area contributed by atoms with E-state index in [2.05, 4.69) is 15.2 Å². The molecule has 2 atom stereocenters. The van der Waals surface area contributed by atoms with E-state index in [1.165, 1.54) is 0 Å². The Morgan fingerprint density at radius 3 is 2.79 bits per heavy atom. The normalized spacial score (nSPS) is 20.0. The van der Waals surface area contributed by atoms with Gasteiger partial charge in [0, 0.05) is 30.7 Å². The lowest BCUT2D eigenvalue weighted by Gasteiger charge is -2.35. The number of para-hydroxylation sites is 2. The van der Waals surface area contributed by atoms with Crippen molar-refractivity contribution in [1.82, 2.24) is 15.2 Å². The van der Waals surface area contributed by atoms with Crippen LogP contribution in [0.25, 0.3) is 10.9 Å². The number of rotatable bonds is 7. The minimum Gasteiger partial charge on any atom is -0.497 e. The lowest BCUT2D eigenvalue weighted by atomic mass is 10.0. The number of hydrogen-bond acceptors (Lipinski definition) is 7. The number of nitrogens with one attached hydrogen (secondary N) is 1. The first-order valence-corrected chi connectivity index (χ1v) is 11.6. The van der Waals surface area contributed by atoms with Crippen molar-refractivity contribution >= 4 is 10.9 Å². The van der Waals surface area contributed by atoms with Gasteiger partial charge in [0.05, 0.1) is 18.7 Å². The zero-order chi connectivity index (χ0) is 22.6. The number of β-amino-alcohol motifs (C(OH)–C–C–N with tert-alkyl or cyclic N) is 1. The number of aliphatic hydroxyl groups excluding tert-OH is 1. The summed E-state index contributed by atoms with van der Waals surface area (Å²) in [4.78, 5) is 6.76. The van der Waals surface area contributed by atoms with Crippen LogP contribution in [0.4, 0.5) is 0 Å². The Morgan fingerprint density at radius 2 is 1.97 bits per heavy atom. The quantitative estimate of drug-likeness (QED) is 0.574. The maximum Gasteiger partial charge on any atom is 0.161 e. The molecule has 7 nitrogen and oxygen atoms in total. The molecule has 174 valence electrons. The number of benzene rings is 2. The van der Waals surface area contributed by atoms with Crippen molar-refractivity contribution in [2.24, 2.45) is 0 Å². The molecule has 1 unspecified atom stereocenters. The van der Waals surface area contributed by atoms with Crippen LogP contribution in [0.3, 0.4) is 0 Å². The molecule has 0 amide bonds. The first kappa shape index (κ1) is 21.9. The lowest BCUT2D eigenvalue weighted by molar-refractivity contribution is 0.0772. The number of ether oxygens (including phenoxy) is 3. The van der Waals surface area contributed by atoms with E-state index in [1.807, 2.05) is 48.5 Å². The van der Waals surface area contributed by atoms with Crippen molar-refractivity contribution in [2.45, 2.75) is 31.1 Å². The molecule has 5 rings (SSSR count). The summed E-state index contributed by atoms with van der Waals surface area (Å²) in [7, 11) is 1.65. The molecule has 3 aromatic rings. The van der Waals surface area contributed by atoms with Crippen LogP contribution >= 0.6 is 0 Å². The number of methoxy groups -OCH3 is 1. The fourth-order valence-corrected chi connectivity index (χ4v) is 4.69. The van der Waals surface area contributed by atoms with E-state index in [9.17, 15) is 5.11 Å². The number of nitrogens with zero attached hydrogens (tertiary/aromatic N) is 2. The van der Waals surface area contributed by atoms with Gasteiger partial charge in [-0.05, 0) is 67.9 Å². The minimum atomic E-state index is -0.569. The lowest BCUT2D eigenvalue weighted by Crippen LogP contribution is -2.47. The molecule has 0 radical (unpaired) electrons. The predicted octanol–water partition coefficient (Wildman–Crippen LogP) is 3.17. The van der Waals surface area contributed by atoms with Crippen molar-refractivity contribution in [3.8, 4) is 17.2 Å². The standard InChI is InChI=1S/C26H31N3O4/c1-31-19-6-7-23-22(14-19)21(8-11-27-23)24(30)16-29-12-9-18(10-13-29)28-15-20-17-32-25-4-2-3-5-26(25)33-20/h2-8,11,14,18,20,24,28,30H,9-10,12-13,15-17H2,1H3/t20?,24-/m0/s1. The summed E-state index contributed by atoms with van der Waals surface area (Å²) in [6, 6.07) is 15.9. The van der Waals surface area contributed by atoms with E-state index in [1.54, 1.807) is 13.3 Å². The zero-order valence-corrected chi connectivity index (χ0v) is 18.9. The van der Waals surface area contributed by atoms with Crippen LogP contribution in [0.15, 0.2) is 54.7 Å². The Morgan fingerprint density at radius 1 is 1.15 bits per heavy atom. The molecule has 0 bridgehead atoms. The molecule has 2 N–H and O–H groups in total. The average Bonchev–Trinajstić information content (AvgIpc) is 2.87. The highest BCUT2D eigenvalue weighted by molar-refractivity contribution is 5.83. The Kier molecular flexibility index (Phi) is 6.62. The molecule has 7 heteroatoms. The number of hydrogen-bond donors (Lipinski definition) is 2. The number of aliphatic hydroxyl groups is 1. The summed E-state index contributed by atoms with van der Waals surface area (Å²) in [5, 5.41) is 15.6. The molecule has 2 aliphatic rings. The van der Waals surface area contributed by atoms with Crippen molar-refractivity contribution in [3.63, 3.8) is 0 Å². The number of fused-ring (bicyclic) bond motifs is 2. The maximum atomic E-state index is 11.0. The molecule has 1 aromatic heterocycles. The molecule has 0 aliphatic carbocycles. The SMILES string of the molecule is COc1ccc2nccc([C@@H](O)CN3CCC(NCC4COc5ccccc5O4)CC3)c2c1. The van der Waals surface area contributed by atoms with E-state index in [4.69, 9.17) is 14.2 Å². The average molecular weight is 450 g/mol. The fraction of sp³-hybridized carbons (Fsp3) is 0.423. The summed E-state index contributed by atoms with van der Waals surface area (Å²) in [6.07, 6.45) is 3.31. The van der Waals surface area contributed by atoms with Crippen molar-refractivity contribution in [1.29, 1.82) is 0 Å². The smallest absolute Gasteiger partial charge is 0.161 e. The Labute approximate surface area is 194 Å². The van der Waals surface area contributed by atoms with Crippen LogP contribution in [0, 0.1) is 0 Å². The van der Waals surface area contributed by atoms with Gasteiger partial charge in [-0.15, -0.1) is 0 Å². The molecule has 1 fully saturated rings. The van der Waals surface area contributed by atoms with Gasteiger partial charge >= 0.3 is 0 Å². The third-order valence-electron chi connectivity index (χ3n) is 6.56. The van der Waals surface area contributed by atoms with Gasteiger partial charge in [0.25, 0.3) is 0 Å². The molecule has 0 saturated carbocycles. The highest BCUT2D eigenvalue weighted by Crippen LogP contribution is 2.31. The maximum absolute atomic E-state index is 11.0. The number of pyridine rings is 1. The summed E-state index contributed by atoms with van der Waals surface area (Å²) >= 11 is 0. The van der Waals surface area contributed by atoms with Gasteiger partial charge in [-0.3, -0.25) is 4.98 Å². The molecule has 3 heterocycles. The number of aromatic nitrogens is 1. The Hall–Kier alpha value is -2.87. The zero-order valence-electron chi connectivity index (χ0n) is 18.9. The van der Waals surface area contributed by atoms with Crippen LogP contribution in [-0.4, -0.2) is 67.0 Å². The first-order chi connectivity index (χ1) is 16.2. The third kappa shape index (κ3) is 5.05. The number of likely N-dealkylation sites (tertiary alicyclic amines) is 1. The second-order valence-electron chi connectivity index (χ2n) is 8.78. The van der Waals surface area contributed by atoms with Crippen LogP contribution < -0.4 is 19.5 Å². The summed E-state index contributed by atoms with van der Waals surface area (Å²) in [5.41, 5.74) is 1.76. The second-order valence-corrected chi connectivity index (χ2v) is 8.78.